The largest absolute Gasteiger partial charge is 0.492 e. The molecule has 1 unspecified atom stereocenters. The fourth-order valence-electron chi connectivity index (χ4n) is 4.94. The minimum Gasteiger partial charge on any atom is -0.492 e. The number of nitriles is 1. The van der Waals surface area contributed by atoms with Crippen LogP contribution in [0.4, 0.5) is 17.1 Å². The summed E-state index contributed by atoms with van der Waals surface area (Å²) in [5, 5.41) is 32.7. The van der Waals surface area contributed by atoms with E-state index in [-0.39, 0.29) is 29.0 Å². The molecule has 5 N–H and O–H groups in total. The number of hydrogen-bond acceptors (Lipinski definition) is 9. The van der Waals surface area contributed by atoms with Gasteiger partial charge in [0.15, 0.2) is 5.69 Å². The standard InChI is InChI=1S/C34H54N8O3/c1-5-8-11-13-15-17-24-38-42-33(44)28(25-35)30(37-23-10-7-3)31(34(42)45)40-39-27-21-19-26(20-22-27)32(43)41(4)29(36)18-16-14-12-9-6-2/h19-22,29,37-38,45H,5-18,23-24,36H2,1-4H3/b40-39-. The van der Waals surface area contributed by atoms with Crippen molar-refractivity contribution in [2.75, 3.05) is 30.9 Å². The lowest BCUT2D eigenvalue weighted by Crippen LogP contribution is -2.43. The zero-order valence-corrected chi connectivity index (χ0v) is 27.8. The van der Waals surface area contributed by atoms with Gasteiger partial charge in [0.05, 0.1) is 17.5 Å². The van der Waals surface area contributed by atoms with Crippen molar-refractivity contribution in [2.45, 2.75) is 117 Å². The molecule has 0 saturated carbocycles. The van der Waals surface area contributed by atoms with Gasteiger partial charge in [0, 0.05) is 25.7 Å². The fourth-order valence-corrected chi connectivity index (χ4v) is 4.94. The van der Waals surface area contributed by atoms with Gasteiger partial charge in [0.25, 0.3) is 11.5 Å². The number of benzene rings is 1. The van der Waals surface area contributed by atoms with E-state index >= 15 is 0 Å². The van der Waals surface area contributed by atoms with Crippen LogP contribution in [0, 0.1) is 11.3 Å². The molecule has 0 saturated heterocycles. The number of carbonyl (C=O) groups excluding carboxylic acids is 1. The van der Waals surface area contributed by atoms with E-state index in [2.05, 4.69) is 34.8 Å². The first kappa shape index (κ1) is 37.3. The lowest BCUT2D eigenvalue weighted by molar-refractivity contribution is 0.0726. The SMILES string of the molecule is CCCCCCCCNn1c(O)c(/N=N\c2ccc(C(=O)N(C)C(N)CCCCCCC)cc2)c(NCCCC)c(C#N)c1=O. The van der Waals surface area contributed by atoms with Gasteiger partial charge in [0.1, 0.15) is 11.6 Å². The number of rotatable bonds is 22. The molecule has 1 atom stereocenters. The molecule has 0 spiro atoms. The number of carbonyl (C=O) groups is 1. The lowest BCUT2D eigenvalue weighted by Gasteiger charge is -2.25. The van der Waals surface area contributed by atoms with Gasteiger partial charge in [-0.3, -0.25) is 9.59 Å². The van der Waals surface area contributed by atoms with Crippen LogP contribution in [0.2, 0.25) is 0 Å². The normalized spacial score (nSPS) is 11.8. The number of nitrogens with one attached hydrogen (secondary N) is 2. The summed E-state index contributed by atoms with van der Waals surface area (Å²) in [6.45, 7) is 7.33. The summed E-state index contributed by atoms with van der Waals surface area (Å²) in [6, 6.07) is 8.60. The first-order valence-corrected chi connectivity index (χ1v) is 16.7. The molecule has 0 fully saturated rings. The summed E-state index contributed by atoms with van der Waals surface area (Å²) < 4.78 is 0.981. The molecular weight excluding hydrogens is 568 g/mol. The zero-order chi connectivity index (χ0) is 33.0. The second-order valence-electron chi connectivity index (χ2n) is 11.6. The number of anilines is 1. The minimum atomic E-state index is -0.648. The Morgan fingerprint density at radius 3 is 2.16 bits per heavy atom. The number of nitrogens with two attached hydrogens (primary N) is 1. The predicted octanol–water partition coefficient (Wildman–Crippen LogP) is 7.67. The molecule has 248 valence electrons. The molecule has 0 aliphatic carbocycles. The maximum atomic E-state index is 13.2. The molecule has 2 rings (SSSR count). The van der Waals surface area contributed by atoms with E-state index in [1.807, 2.05) is 13.0 Å². The number of pyridine rings is 1. The second-order valence-corrected chi connectivity index (χ2v) is 11.6. The van der Waals surface area contributed by atoms with Crippen LogP contribution >= 0.6 is 0 Å². The first-order valence-electron chi connectivity index (χ1n) is 16.7. The van der Waals surface area contributed by atoms with Crippen LogP contribution in [0.1, 0.15) is 127 Å². The van der Waals surface area contributed by atoms with Crippen molar-refractivity contribution >= 4 is 23.0 Å². The van der Waals surface area contributed by atoms with Gasteiger partial charge >= 0.3 is 0 Å². The molecule has 11 heteroatoms. The van der Waals surface area contributed by atoms with E-state index in [0.717, 1.165) is 56.0 Å². The van der Waals surface area contributed by atoms with Crippen LogP contribution in [-0.2, 0) is 0 Å². The molecule has 1 aromatic heterocycles. The van der Waals surface area contributed by atoms with Crippen molar-refractivity contribution in [1.29, 1.82) is 5.26 Å². The molecule has 0 bridgehead atoms. The van der Waals surface area contributed by atoms with Gasteiger partial charge < -0.3 is 26.5 Å². The Bertz CT molecular complexity index is 1300. The van der Waals surface area contributed by atoms with Crippen LogP contribution < -0.4 is 22.0 Å². The summed E-state index contributed by atoms with van der Waals surface area (Å²) in [5.41, 5.74) is 9.49. The smallest absolute Gasteiger partial charge is 0.292 e. The Hall–Kier alpha value is -3.91. The van der Waals surface area contributed by atoms with Crippen LogP contribution in [0.5, 0.6) is 5.88 Å². The van der Waals surface area contributed by atoms with E-state index in [0.29, 0.717) is 24.3 Å². The third-order valence-corrected chi connectivity index (χ3v) is 7.87. The highest BCUT2D eigenvalue weighted by molar-refractivity contribution is 5.94. The highest BCUT2D eigenvalue weighted by Crippen LogP contribution is 2.36. The van der Waals surface area contributed by atoms with Crippen LogP contribution in [-0.4, -0.2) is 46.9 Å². The van der Waals surface area contributed by atoms with Gasteiger partial charge in [-0.15, -0.1) is 5.11 Å². The number of aromatic hydroxyl groups is 1. The summed E-state index contributed by atoms with van der Waals surface area (Å²) in [6.07, 6.45) is 14.2. The number of amides is 1. The highest BCUT2D eigenvalue weighted by atomic mass is 16.3. The average Bonchev–Trinajstić information content (AvgIpc) is 3.05. The summed E-state index contributed by atoms with van der Waals surface area (Å²) in [4.78, 5) is 27.8. The Morgan fingerprint density at radius 2 is 1.53 bits per heavy atom. The summed E-state index contributed by atoms with van der Waals surface area (Å²) in [5.74, 6) is -0.605. The molecule has 1 amide bonds. The van der Waals surface area contributed by atoms with Gasteiger partial charge in [-0.1, -0.05) is 91.4 Å². The maximum absolute atomic E-state index is 13.2. The third-order valence-electron chi connectivity index (χ3n) is 7.87. The Morgan fingerprint density at radius 1 is 0.933 bits per heavy atom. The van der Waals surface area contributed by atoms with Crippen molar-refractivity contribution in [2.24, 2.45) is 16.0 Å². The van der Waals surface area contributed by atoms with Crippen LogP contribution in [0.3, 0.4) is 0 Å². The molecule has 2 aromatic rings. The Balaban J connectivity index is 2.24. The van der Waals surface area contributed by atoms with Crippen LogP contribution in [0.25, 0.3) is 0 Å². The van der Waals surface area contributed by atoms with E-state index in [1.165, 1.54) is 38.5 Å². The van der Waals surface area contributed by atoms with Crippen molar-refractivity contribution in [1.82, 2.24) is 9.58 Å². The zero-order valence-electron chi connectivity index (χ0n) is 27.8. The Labute approximate surface area is 268 Å². The van der Waals surface area contributed by atoms with Gasteiger partial charge in [-0.2, -0.15) is 15.1 Å². The van der Waals surface area contributed by atoms with E-state index in [1.54, 1.807) is 36.2 Å². The average molecular weight is 623 g/mol. The first-order chi connectivity index (χ1) is 21.8. The number of unbranched alkanes of at least 4 members (excludes halogenated alkanes) is 10. The number of hydrogen-bond donors (Lipinski definition) is 4. The van der Waals surface area contributed by atoms with Crippen molar-refractivity contribution in [3.05, 3.63) is 45.7 Å². The number of aromatic nitrogens is 1. The molecule has 1 aromatic carbocycles. The molecular formula is C34H54N8O3. The summed E-state index contributed by atoms with van der Waals surface area (Å²) in [7, 11) is 1.71. The monoisotopic (exact) mass is 622 g/mol. The van der Waals surface area contributed by atoms with Gasteiger partial charge in [-0.05, 0) is 43.5 Å². The van der Waals surface area contributed by atoms with Crippen molar-refractivity contribution in [3.63, 3.8) is 0 Å². The molecule has 11 nitrogen and oxygen atoms in total. The number of nitrogens with zero attached hydrogens (tertiary/aromatic N) is 5. The highest BCUT2D eigenvalue weighted by Gasteiger charge is 2.22. The van der Waals surface area contributed by atoms with Crippen LogP contribution in [0.15, 0.2) is 39.3 Å². The Kier molecular flexibility index (Phi) is 17.3. The van der Waals surface area contributed by atoms with E-state index in [9.17, 15) is 20.0 Å². The van der Waals surface area contributed by atoms with E-state index in [4.69, 9.17) is 5.73 Å². The lowest BCUT2D eigenvalue weighted by atomic mass is 10.1. The van der Waals surface area contributed by atoms with E-state index < -0.39 is 11.4 Å². The third kappa shape index (κ3) is 11.8. The van der Waals surface area contributed by atoms with Gasteiger partial charge in [-0.25, -0.2) is 0 Å². The predicted molar refractivity (Wildman–Crippen MR) is 182 cm³/mol. The maximum Gasteiger partial charge on any atom is 0.292 e. The summed E-state index contributed by atoms with van der Waals surface area (Å²) >= 11 is 0. The van der Waals surface area contributed by atoms with Gasteiger partial charge in [0.2, 0.25) is 5.88 Å². The fraction of sp³-hybridized carbons (Fsp3) is 0.618. The van der Waals surface area contributed by atoms with Crippen molar-refractivity contribution in [3.8, 4) is 11.9 Å². The van der Waals surface area contributed by atoms with Crippen molar-refractivity contribution < 1.29 is 9.90 Å². The second kappa shape index (κ2) is 20.9. The molecule has 45 heavy (non-hydrogen) atoms. The molecule has 0 radical (unpaired) electrons. The molecule has 0 aliphatic heterocycles. The quantitative estimate of drug-likeness (QED) is 0.0595. The molecule has 1 heterocycles. The molecule has 0 aliphatic rings. The minimum absolute atomic E-state index is 0.0116. The topological polar surface area (TPSA) is 161 Å². The number of azo groups is 1.